The number of thioether (sulfide) groups is 1. The van der Waals surface area contributed by atoms with Gasteiger partial charge < -0.3 is 14.8 Å². The van der Waals surface area contributed by atoms with Gasteiger partial charge in [-0.1, -0.05) is 42.5 Å². The topological polar surface area (TPSA) is 67.9 Å². The summed E-state index contributed by atoms with van der Waals surface area (Å²) in [5.74, 6) is 3.03. The highest BCUT2D eigenvalue weighted by molar-refractivity contribution is 7.99. The van der Waals surface area contributed by atoms with Gasteiger partial charge in [-0.3, -0.25) is 14.5 Å². The molecule has 0 radical (unpaired) electrons. The molecule has 0 aromatic heterocycles. The van der Waals surface area contributed by atoms with Crippen molar-refractivity contribution in [1.29, 1.82) is 0 Å². The number of ether oxygens (including phenoxy) is 2. The van der Waals surface area contributed by atoms with Gasteiger partial charge >= 0.3 is 0 Å². The number of methoxy groups -OCH3 is 2. The number of benzene rings is 3. The number of rotatable bonds is 4. The maximum atomic E-state index is 15.2. The Labute approximate surface area is 238 Å². The molecule has 0 unspecified atom stereocenters. The number of ketones is 1. The van der Waals surface area contributed by atoms with Crippen LogP contribution in [0.25, 0.3) is 6.08 Å². The number of amides is 1. The van der Waals surface area contributed by atoms with Crippen LogP contribution in [0.1, 0.15) is 41.9 Å². The Balaban J connectivity index is 1.47. The molecule has 4 aliphatic rings. The van der Waals surface area contributed by atoms with Crippen LogP contribution in [-0.4, -0.2) is 48.5 Å². The molecule has 0 bridgehead atoms. The molecule has 3 fully saturated rings. The Bertz CT molecular complexity index is 1520. The first-order valence-electron chi connectivity index (χ1n) is 13.8. The lowest BCUT2D eigenvalue weighted by molar-refractivity contribution is -0.145. The van der Waals surface area contributed by atoms with Gasteiger partial charge in [0, 0.05) is 34.8 Å². The second kappa shape index (κ2) is 9.53. The maximum absolute atomic E-state index is 15.2. The van der Waals surface area contributed by atoms with Gasteiger partial charge in [0.1, 0.15) is 17.0 Å². The summed E-state index contributed by atoms with van der Waals surface area (Å²) in [4.78, 5) is 32.0. The van der Waals surface area contributed by atoms with E-state index in [1.165, 1.54) is 0 Å². The van der Waals surface area contributed by atoms with Crippen molar-refractivity contribution in [2.24, 2.45) is 5.41 Å². The number of carbonyl (C=O) groups excluding carboxylic acids is 2. The second-order valence-electron chi connectivity index (χ2n) is 11.1. The third-order valence-electron chi connectivity index (χ3n) is 9.45. The van der Waals surface area contributed by atoms with E-state index in [1.807, 2.05) is 72.4 Å². The number of para-hydroxylation sites is 1. The maximum Gasteiger partial charge on any atom is 0.250 e. The van der Waals surface area contributed by atoms with E-state index in [9.17, 15) is 4.79 Å². The van der Waals surface area contributed by atoms with E-state index in [2.05, 4.69) is 28.4 Å². The van der Waals surface area contributed by atoms with Crippen molar-refractivity contribution in [3.05, 3.63) is 95.1 Å². The third kappa shape index (κ3) is 3.34. The molecule has 2 saturated heterocycles. The van der Waals surface area contributed by atoms with Crippen LogP contribution in [0.4, 0.5) is 5.69 Å². The molecular formula is C33H32N2O4S. The highest BCUT2D eigenvalue weighted by Crippen LogP contribution is 2.70. The van der Waals surface area contributed by atoms with Crippen LogP contribution in [0.3, 0.4) is 0 Å². The summed E-state index contributed by atoms with van der Waals surface area (Å²) in [5.41, 5.74) is 2.58. The van der Waals surface area contributed by atoms with Crippen LogP contribution in [-0.2, 0) is 15.1 Å². The van der Waals surface area contributed by atoms with E-state index in [1.54, 1.807) is 14.2 Å². The van der Waals surface area contributed by atoms with Gasteiger partial charge in [0.15, 0.2) is 5.78 Å². The van der Waals surface area contributed by atoms with E-state index >= 15 is 4.79 Å². The summed E-state index contributed by atoms with van der Waals surface area (Å²) in [6.07, 6.45) is 4.21. The fraction of sp³-hybridized carbons (Fsp3) is 0.333. The Morgan fingerprint density at radius 3 is 2.38 bits per heavy atom. The predicted octanol–water partition coefficient (Wildman–Crippen LogP) is 5.85. The van der Waals surface area contributed by atoms with Crippen LogP contribution in [0.15, 0.2) is 78.4 Å². The number of hydrogen-bond acceptors (Lipinski definition) is 6. The summed E-state index contributed by atoms with van der Waals surface area (Å²) < 4.78 is 10.8. The van der Waals surface area contributed by atoms with Gasteiger partial charge in [0.05, 0.1) is 19.6 Å². The lowest BCUT2D eigenvalue weighted by atomic mass is 9.53. The molecule has 3 aliphatic heterocycles. The zero-order chi connectivity index (χ0) is 27.5. The number of Topliss-reactive ketones (excluding diaryl/α,β-unsaturated/α-hetero) is 1. The minimum atomic E-state index is -1.07. The number of allylic oxidation sites excluding steroid dienone is 1. The second-order valence-corrected chi connectivity index (χ2v) is 12.1. The zero-order valence-electron chi connectivity index (χ0n) is 22.7. The lowest BCUT2D eigenvalue weighted by Gasteiger charge is -2.49. The minimum Gasteiger partial charge on any atom is -0.497 e. The van der Waals surface area contributed by atoms with Crippen LogP contribution < -0.4 is 14.8 Å². The first-order valence-corrected chi connectivity index (χ1v) is 15.0. The van der Waals surface area contributed by atoms with E-state index in [0.29, 0.717) is 18.7 Å². The normalized spacial score (nSPS) is 30.1. The van der Waals surface area contributed by atoms with Crippen molar-refractivity contribution < 1.29 is 19.1 Å². The molecule has 4 atom stereocenters. The van der Waals surface area contributed by atoms with Crippen LogP contribution in [0, 0.1) is 5.41 Å². The molecule has 7 rings (SSSR count). The summed E-state index contributed by atoms with van der Waals surface area (Å²) in [6, 6.07) is 24.0. The number of nitrogens with one attached hydrogen (secondary N) is 1. The fourth-order valence-corrected chi connectivity index (χ4v) is 9.23. The van der Waals surface area contributed by atoms with Crippen molar-refractivity contribution in [3.63, 3.8) is 0 Å². The zero-order valence-corrected chi connectivity index (χ0v) is 23.5. The number of hydrogen-bond donors (Lipinski definition) is 1. The Morgan fingerprint density at radius 1 is 0.950 bits per heavy atom. The lowest BCUT2D eigenvalue weighted by Crippen LogP contribution is -2.60. The Kier molecular flexibility index (Phi) is 6.06. The molecular weight excluding hydrogens is 520 g/mol. The number of anilines is 1. The van der Waals surface area contributed by atoms with Crippen LogP contribution in [0.5, 0.6) is 11.5 Å². The van der Waals surface area contributed by atoms with Crippen molar-refractivity contribution in [3.8, 4) is 11.5 Å². The molecule has 1 N–H and O–H groups in total. The molecule has 3 aromatic carbocycles. The molecule has 204 valence electrons. The van der Waals surface area contributed by atoms with Gasteiger partial charge in [-0.25, -0.2) is 0 Å². The van der Waals surface area contributed by atoms with Crippen LogP contribution in [0.2, 0.25) is 0 Å². The average Bonchev–Trinajstić information content (AvgIpc) is 3.64. The Morgan fingerprint density at radius 2 is 1.65 bits per heavy atom. The largest absolute Gasteiger partial charge is 0.497 e. The summed E-state index contributed by atoms with van der Waals surface area (Å²) >= 11 is 1.85. The molecule has 1 amide bonds. The van der Waals surface area contributed by atoms with Gasteiger partial charge in [-0.05, 0) is 72.4 Å². The monoisotopic (exact) mass is 552 g/mol. The summed E-state index contributed by atoms with van der Waals surface area (Å²) in [5, 5.41) is 3.21. The van der Waals surface area contributed by atoms with E-state index in [-0.39, 0.29) is 23.7 Å². The first kappa shape index (κ1) is 25.4. The predicted molar refractivity (Wildman–Crippen MR) is 158 cm³/mol. The van der Waals surface area contributed by atoms with Crippen molar-refractivity contribution in [2.45, 2.75) is 36.8 Å². The standard InChI is InChI=1S/C33H32N2O4S/c1-38-24-13-9-21(10-14-24)18-23-6-5-17-32(30(23)36)29(22-11-15-25(39-2)16-12-22)28-19-40-20-35(28)33(32)26-7-3-4-8-27(26)34-31(33)37/h3-4,7-16,18,28-29H,5-6,17,19-20H2,1-2H3,(H,34,37)/t28-,29-,32-,33-/m0/s1. The molecule has 1 aliphatic carbocycles. The summed E-state index contributed by atoms with van der Waals surface area (Å²) in [7, 11) is 3.31. The van der Waals surface area contributed by atoms with Gasteiger partial charge in [0.25, 0.3) is 5.91 Å². The minimum absolute atomic E-state index is 0.0552. The molecule has 3 heterocycles. The van der Waals surface area contributed by atoms with Crippen LogP contribution >= 0.6 is 11.8 Å². The van der Waals surface area contributed by atoms with E-state index in [4.69, 9.17) is 9.47 Å². The van der Waals surface area contributed by atoms with Crippen molar-refractivity contribution in [1.82, 2.24) is 4.90 Å². The smallest absolute Gasteiger partial charge is 0.250 e. The molecule has 3 aromatic rings. The SMILES string of the molecule is COc1ccc(C=C2CCC[C@@]3(C2=O)[C@@H](c2ccc(OC)cc2)[C@@H]2CSCN2[C@@]32C(=O)Nc3ccccc32)cc1. The Hall–Kier alpha value is -3.55. The summed E-state index contributed by atoms with van der Waals surface area (Å²) in [6.45, 7) is 0. The van der Waals surface area contributed by atoms with E-state index in [0.717, 1.165) is 51.6 Å². The first-order chi connectivity index (χ1) is 19.5. The number of nitrogens with zero attached hydrogens (tertiary/aromatic N) is 1. The van der Waals surface area contributed by atoms with Crippen molar-refractivity contribution in [2.75, 3.05) is 31.2 Å². The van der Waals surface area contributed by atoms with E-state index < -0.39 is 11.0 Å². The molecule has 6 nitrogen and oxygen atoms in total. The average molecular weight is 553 g/mol. The van der Waals surface area contributed by atoms with Gasteiger partial charge in [0.2, 0.25) is 0 Å². The molecule has 7 heteroatoms. The third-order valence-corrected chi connectivity index (χ3v) is 10.5. The van der Waals surface area contributed by atoms with Gasteiger partial charge in [-0.2, -0.15) is 0 Å². The number of fused-ring (bicyclic) bond motifs is 5. The molecule has 40 heavy (non-hydrogen) atoms. The quantitative estimate of drug-likeness (QED) is 0.410. The highest BCUT2D eigenvalue weighted by Gasteiger charge is 2.77. The molecule has 2 spiro atoms. The highest BCUT2D eigenvalue weighted by atomic mass is 32.2. The fourth-order valence-electron chi connectivity index (χ4n) is 7.93. The van der Waals surface area contributed by atoms with Gasteiger partial charge in [-0.15, -0.1) is 11.8 Å². The number of carbonyl (C=O) groups is 2. The van der Waals surface area contributed by atoms with Crippen molar-refractivity contribution >= 4 is 35.2 Å². The molecule has 1 saturated carbocycles.